The minimum atomic E-state index is -0.781. The van der Waals surface area contributed by atoms with Crippen LogP contribution in [0.15, 0.2) is 67.1 Å². The summed E-state index contributed by atoms with van der Waals surface area (Å²) in [6.45, 7) is 3.55. The third-order valence-corrected chi connectivity index (χ3v) is 6.27. The summed E-state index contributed by atoms with van der Waals surface area (Å²) in [6, 6.07) is 16.2. The van der Waals surface area contributed by atoms with E-state index in [1.165, 1.54) is 11.0 Å². The Labute approximate surface area is 214 Å². The van der Waals surface area contributed by atoms with Crippen LogP contribution in [-0.4, -0.2) is 46.2 Å². The summed E-state index contributed by atoms with van der Waals surface area (Å²) in [4.78, 5) is 38.2. The van der Waals surface area contributed by atoms with Gasteiger partial charge in [-0.3, -0.25) is 9.59 Å². The third-order valence-electron chi connectivity index (χ3n) is 6.02. The van der Waals surface area contributed by atoms with E-state index < -0.39 is 11.7 Å². The number of aryl methyl sites for hydroxylation is 2. The Balaban J connectivity index is 1.37. The second kappa shape index (κ2) is 8.68. The summed E-state index contributed by atoms with van der Waals surface area (Å²) in [5.74, 6) is -0.725. The van der Waals surface area contributed by atoms with Gasteiger partial charge in [0.2, 0.25) is 0 Å². The second-order valence-corrected chi connectivity index (χ2v) is 8.94. The maximum absolute atomic E-state index is 13.2. The highest BCUT2D eigenvalue weighted by Crippen LogP contribution is 2.26. The van der Waals surface area contributed by atoms with Crippen molar-refractivity contribution in [1.29, 1.82) is 0 Å². The van der Waals surface area contributed by atoms with Crippen molar-refractivity contribution in [3.8, 4) is 11.5 Å². The number of rotatable bonds is 5. The van der Waals surface area contributed by atoms with Crippen LogP contribution in [0.4, 0.5) is 5.82 Å². The average Bonchev–Trinajstić information content (AvgIpc) is 3.58. The van der Waals surface area contributed by atoms with E-state index in [2.05, 4.69) is 30.5 Å². The van der Waals surface area contributed by atoms with Crippen LogP contribution in [0.5, 0.6) is 0 Å². The zero-order valence-electron chi connectivity index (χ0n) is 19.7. The third kappa shape index (κ3) is 3.83. The van der Waals surface area contributed by atoms with E-state index in [9.17, 15) is 9.59 Å². The number of nitrogens with zero attached hydrogens (tertiary/aromatic N) is 6. The zero-order valence-corrected chi connectivity index (χ0v) is 20.5. The van der Waals surface area contributed by atoms with Crippen molar-refractivity contribution in [3.05, 3.63) is 89.1 Å². The van der Waals surface area contributed by atoms with Gasteiger partial charge in [0.05, 0.1) is 28.5 Å². The number of Topliss-reactive ketones (excluding diaryl/α,β-unsaturated/α-hetero) is 1. The molecule has 0 aliphatic rings. The van der Waals surface area contributed by atoms with Gasteiger partial charge in [0.15, 0.2) is 11.5 Å². The van der Waals surface area contributed by atoms with Gasteiger partial charge >= 0.3 is 0 Å². The lowest BCUT2D eigenvalue weighted by atomic mass is 10.1. The van der Waals surface area contributed by atoms with Crippen LogP contribution >= 0.6 is 11.6 Å². The maximum atomic E-state index is 13.2. The Hall–Kier alpha value is -4.83. The van der Waals surface area contributed by atoms with Gasteiger partial charge in [-0.2, -0.15) is 14.9 Å². The van der Waals surface area contributed by atoms with Gasteiger partial charge in [0.25, 0.3) is 11.7 Å². The van der Waals surface area contributed by atoms with E-state index >= 15 is 0 Å². The number of aromatic nitrogens is 7. The summed E-state index contributed by atoms with van der Waals surface area (Å²) in [6.07, 6.45) is 3.02. The molecule has 6 aromatic rings. The summed E-state index contributed by atoms with van der Waals surface area (Å²) in [7, 11) is 0. The fraction of sp³-hybridized carbons (Fsp3) is 0.0769. The van der Waals surface area contributed by atoms with Crippen molar-refractivity contribution >= 4 is 51.0 Å². The Morgan fingerprint density at radius 1 is 0.973 bits per heavy atom. The fourth-order valence-corrected chi connectivity index (χ4v) is 4.50. The van der Waals surface area contributed by atoms with Gasteiger partial charge in [-0.05, 0) is 44.2 Å². The molecule has 6 rings (SSSR count). The van der Waals surface area contributed by atoms with Crippen molar-refractivity contribution in [2.24, 2.45) is 0 Å². The number of carbonyl (C=O) groups is 2. The molecule has 0 atom stereocenters. The molecule has 4 heterocycles. The van der Waals surface area contributed by atoms with Gasteiger partial charge in [-0.25, -0.2) is 14.6 Å². The lowest BCUT2D eigenvalue weighted by molar-refractivity contribution is -0.112. The zero-order chi connectivity index (χ0) is 25.7. The number of anilines is 1. The van der Waals surface area contributed by atoms with Gasteiger partial charge in [0, 0.05) is 27.7 Å². The number of fused-ring (bicyclic) bond motifs is 2. The number of hydrogen-bond acceptors (Lipinski definition) is 6. The van der Waals surface area contributed by atoms with Crippen molar-refractivity contribution < 1.29 is 9.59 Å². The summed E-state index contributed by atoms with van der Waals surface area (Å²) in [5, 5.41) is 13.6. The largest absolute Gasteiger partial charge is 0.358 e. The lowest BCUT2D eigenvalue weighted by Gasteiger charge is -2.09. The Morgan fingerprint density at radius 3 is 2.57 bits per heavy atom. The molecule has 4 aromatic heterocycles. The monoisotopic (exact) mass is 510 g/mol. The molecule has 0 aliphatic heterocycles. The SMILES string of the molecule is Cc1cc(NC(=O)C(=O)c2c(C)[nH]c3ccccc23)n(-c2ncnc3c2cnn3-c2ccc(Cl)cc2)n1. The standard InChI is InChI=1S/C26H19ClN8O2/c1-14-11-21(32-26(37)23(36)22-15(2)31-20-6-4-3-5-18(20)22)35(33-14)25-19-12-30-34(24(19)28-13-29-25)17-9-7-16(27)8-10-17/h3-13,31H,1-2H3,(H,32,37). The number of aromatic amines is 1. The molecule has 0 saturated carbocycles. The minimum Gasteiger partial charge on any atom is -0.358 e. The van der Waals surface area contributed by atoms with E-state index in [1.807, 2.05) is 36.4 Å². The van der Waals surface area contributed by atoms with Gasteiger partial charge in [0.1, 0.15) is 12.1 Å². The molecule has 0 aliphatic carbocycles. The molecular formula is C26H19ClN8O2. The Kier molecular flexibility index (Phi) is 5.31. The first-order valence-electron chi connectivity index (χ1n) is 11.4. The highest BCUT2D eigenvalue weighted by Gasteiger charge is 2.25. The first-order valence-corrected chi connectivity index (χ1v) is 11.7. The van der Waals surface area contributed by atoms with Crippen molar-refractivity contribution in [3.63, 3.8) is 0 Å². The highest BCUT2D eigenvalue weighted by atomic mass is 35.5. The predicted molar refractivity (Wildman–Crippen MR) is 140 cm³/mol. The van der Waals surface area contributed by atoms with Crippen LogP contribution in [0.25, 0.3) is 33.4 Å². The topological polar surface area (TPSA) is 123 Å². The summed E-state index contributed by atoms with van der Waals surface area (Å²) < 4.78 is 3.13. The molecule has 11 heteroatoms. The van der Waals surface area contributed by atoms with E-state index in [-0.39, 0.29) is 0 Å². The molecule has 1 amide bonds. The number of amides is 1. The van der Waals surface area contributed by atoms with E-state index in [0.29, 0.717) is 50.0 Å². The number of benzene rings is 2. The highest BCUT2D eigenvalue weighted by molar-refractivity contribution is 6.48. The van der Waals surface area contributed by atoms with Crippen LogP contribution in [0.1, 0.15) is 21.7 Å². The van der Waals surface area contributed by atoms with E-state index in [4.69, 9.17) is 11.6 Å². The maximum Gasteiger partial charge on any atom is 0.298 e. The van der Waals surface area contributed by atoms with Crippen molar-refractivity contribution in [2.45, 2.75) is 13.8 Å². The molecule has 0 bridgehead atoms. The van der Waals surface area contributed by atoms with Crippen LogP contribution in [0, 0.1) is 13.8 Å². The van der Waals surface area contributed by atoms with Crippen molar-refractivity contribution in [1.82, 2.24) is 34.5 Å². The number of hydrogen-bond donors (Lipinski definition) is 2. The van der Waals surface area contributed by atoms with Crippen LogP contribution in [-0.2, 0) is 4.79 Å². The summed E-state index contributed by atoms with van der Waals surface area (Å²) >= 11 is 6.02. The molecule has 0 radical (unpaired) electrons. The number of para-hydroxylation sites is 1. The number of carbonyl (C=O) groups excluding carboxylic acids is 2. The van der Waals surface area contributed by atoms with Crippen LogP contribution < -0.4 is 5.32 Å². The molecule has 0 spiro atoms. The van der Waals surface area contributed by atoms with Crippen molar-refractivity contribution in [2.75, 3.05) is 5.32 Å². The smallest absolute Gasteiger partial charge is 0.298 e. The molecular weight excluding hydrogens is 492 g/mol. The number of halogens is 1. The number of nitrogens with one attached hydrogen (secondary N) is 2. The molecule has 2 aromatic carbocycles. The Bertz CT molecular complexity index is 1830. The molecule has 0 saturated heterocycles. The first-order chi connectivity index (χ1) is 17.9. The molecule has 10 nitrogen and oxygen atoms in total. The molecule has 2 N–H and O–H groups in total. The quantitative estimate of drug-likeness (QED) is 0.258. The van der Waals surface area contributed by atoms with Crippen LogP contribution in [0.3, 0.4) is 0 Å². The molecule has 37 heavy (non-hydrogen) atoms. The second-order valence-electron chi connectivity index (χ2n) is 8.50. The van der Waals surface area contributed by atoms with Gasteiger partial charge in [-0.15, -0.1) is 0 Å². The predicted octanol–water partition coefficient (Wildman–Crippen LogP) is 4.57. The van der Waals surface area contributed by atoms with Gasteiger partial charge in [-0.1, -0.05) is 29.8 Å². The molecule has 182 valence electrons. The van der Waals surface area contributed by atoms with E-state index in [0.717, 1.165) is 11.2 Å². The normalized spacial score (nSPS) is 11.3. The minimum absolute atomic E-state index is 0.299. The lowest BCUT2D eigenvalue weighted by Crippen LogP contribution is -2.25. The molecule has 0 unspecified atom stereocenters. The number of ketones is 1. The number of H-pyrrole nitrogens is 1. The Morgan fingerprint density at radius 2 is 1.76 bits per heavy atom. The van der Waals surface area contributed by atoms with Gasteiger partial charge < -0.3 is 10.3 Å². The first kappa shape index (κ1) is 22.6. The van der Waals surface area contributed by atoms with Crippen LogP contribution in [0.2, 0.25) is 5.02 Å². The average molecular weight is 511 g/mol. The summed E-state index contributed by atoms with van der Waals surface area (Å²) in [5.41, 5.74) is 3.70. The van der Waals surface area contributed by atoms with E-state index in [1.54, 1.807) is 42.9 Å². The fourth-order valence-electron chi connectivity index (χ4n) is 4.38. The molecule has 0 fully saturated rings.